The van der Waals surface area contributed by atoms with Gasteiger partial charge in [-0.1, -0.05) is 0 Å². The Hall–Kier alpha value is -3.75. The molecule has 8 nitrogen and oxygen atoms in total. The number of carbonyl (C=O) groups is 1. The lowest BCUT2D eigenvalue weighted by Gasteiger charge is -2.19. The number of anilines is 2. The minimum Gasteiger partial charge on any atom is -0.483 e. The van der Waals surface area contributed by atoms with Gasteiger partial charge in [-0.05, 0) is 42.8 Å². The van der Waals surface area contributed by atoms with Gasteiger partial charge in [-0.15, -0.1) is 0 Å². The van der Waals surface area contributed by atoms with Crippen molar-refractivity contribution in [2.45, 2.75) is 25.8 Å². The molecule has 1 aliphatic heterocycles. The summed E-state index contributed by atoms with van der Waals surface area (Å²) in [5, 5.41) is -0.132. The van der Waals surface area contributed by atoms with Gasteiger partial charge in [0.15, 0.2) is 19.0 Å². The summed E-state index contributed by atoms with van der Waals surface area (Å²) in [5.41, 5.74) is 0.122. The van der Waals surface area contributed by atoms with Gasteiger partial charge in [0.2, 0.25) is 10.0 Å². The van der Waals surface area contributed by atoms with Crippen LogP contribution in [-0.2, 0) is 16.6 Å². The Kier molecular flexibility index (Phi) is 6.84. The average molecular weight is 563 g/mol. The second-order valence-electron chi connectivity index (χ2n) is 8.49. The number of amides is 1. The smallest absolute Gasteiger partial charge is 0.422 e. The zero-order chi connectivity index (χ0) is 28.0. The van der Waals surface area contributed by atoms with Crippen molar-refractivity contribution in [2.75, 3.05) is 29.1 Å². The van der Waals surface area contributed by atoms with Crippen molar-refractivity contribution in [1.29, 1.82) is 0 Å². The van der Waals surface area contributed by atoms with Crippen LogP contribution >= 0.6 is 0 Å². The van der Waals surface area contributed by atoms with Crippen LogP contribution in [0, 0.1) is 6.92 Å². The first-order valence-electron chi connectivity index (χ1n) is 10.8. The fourth-order valence-corrected chi connectivity index (χ4v) is 4.64. The standard InChI is InChI=1S/C23H19F6N3O5S/c1-12-8-13(31-38(2,34)35)5-6-16(12)32-9-15-17(21(32)33)19(36-10-22(24,25)26)14-4-3-7-30-18(14)20(15)37-11-23(27,28)29/h3-8,31H,9-11H2,1-2H3. The molecule has 1 aliphatic rings. The zero-order valence-corrected chi connectivity index (χ0v) is 20.5. The highest BCUT2D eigenvalue weighted by atomic mass is 32.2. The number of hydrogen-bond donors (Lipinski definition) is 1. The maximum atomic E-state index is 13.6. The lowest BCUT2D eigenvalue weighted by Crippen LogP contribution is -2.25. The second-order valence-corrected chi connectivity index (χ2v) is 10.2. The quantitative estimate of drug-likeness (QED) is 0.409. The van der Waals surface area contributed by atoms with E-state index in [2.05, 4.69) is 9.71 Å². The average Bonchev–Trinajstić information content (AvgIpc) is 3.10. The number of ether oxygens (including phenoxy) is 2. The summed E-state index contributed by atoms with van der Waals surface area (Å²) in [5.74, 6) is -1.73. The first-order valence-corrected chi connectivity index (χ1v) is 12.7. The number of pyridine rings is 1. The predicted molar refractivity (Wildman–Crippen MR) is 125 cm³/mol. The summed E-state index contributed by atoms with van der Waals surface area (Å²) in [6.45, 7) is -2.30. The summed E-state index contributed by atoms with van der Waals surface area (Å²) in [4.78, 5) is 18.7. The summed E-state index contributed by atoms with van der Waals surface area (Å²) < 4.78 is 114. The number of aromatic nitrogens is 1. The van der Waals surface area contributed by atoms with Gasteiger partial charge in [-0.25, -0.2) is 8.42 Å². The number of rotatable bonds is 7. The number of nitrogens with zero attached hydrogens (tertiary/aromatic N) is 2. The third kappa shape index (κ3) is 5.87. The number of sulfonamides is 1. The van der Waals surface area contributed by atoms with E-state index in [-0.39, 0.29) is 39.9 Å². The van der Waals surface area contributed by atoms with Crippen molar-refractivity contribution < 1.29 is 49.0 Å². The largest absolute Gasteiger partial charge is 0.483 e. The third-order valence-corrected chi connectivity index (χ3v) is 6.00. The van der Waals surface area contributed by atoms with Crippen molar-refractivity contribution in [3.05, 3.63) is 53.2 Å². The number of halogens is 6. The van der Waals surface area contributed by atoms with Crippen molar-refractivity contribution in [1.82, 2.24) is 4.98 Å². The zero-order valence-electron chi connectivity index (χ0n) is 19.7. The van der Waals surface area contributed by atoms with Gasteiger partial charge in [-0.2, -0.15) is 26.3 Å². The van der Waals surface area contributed by atoms with Crippen LogP contribution in [0.15, 0.2) is 36.5 Å². The molecule has 0 aliphatic carbocycles. The second kappa shape index (κ2) is 9.53. The van der Waals surface area contributed by atoms with Crippen LogP contribution < -0.4 is 19.1 Å². The molecule has 0 bridgehead atoms. The molecule has 2 aromatic carbocycles. The van der Waals surface area contributed by atoms with Gasteiger partial charge in [-0.3, -0.25) is 14.5 Å². The highest BCUT2D eigenvalue weighted by Crippen LogP contribution is 2.46. The summed E-state index contributed by atoms with van der Waals surface area (Å²) in [7, 11) is -3.61. The molecule has 0 fully saturated rings. The number of hydrogen-bond acceptors (Lipinski definition) is 6. The number of aryl methyl sites for hydroxylation is 1. The molecule has 1 aromatic heterocycles. The molecule has 0 saturated carbocycles. The number of alkyl halides is 6. The molecule has 3 aromatic rings. The maximum absolute atomic E-state index is 13.6. The van der Waals surface area contributed by atoms with Crippen molar-refractivity contribution in [3.8, 4) is 11.5 Å². The summed E-state index contributed by atoms with van der Waals surface area (Å²) >= 11 is 0. The predicted octanol–water partition coefficient (Wildman–Crippen LogP) is 4.96. The maximum Gasteiger partial charge on any atom is 0.422 e. The minimum absolute atomic E-state index is 0.125. The van der Waals surface area contributed by atoms with Gasteiger partial charge in [0.25, 0.3) is 5.91 Å². The number of benzene rings is 2. The van der Waals surface area contributed by atoms with Gasteiger partial charge in [0, 0.05) is 28.5 Å². The van der Waals surface area contributed by atoms with E-state index in [9.17, 15) is 39.6 Å². The van der Waals surface area contributed by atoms with Crippen molar-refractivity contribution >= 4 is 38.2 Å². The SMILES string of the molecule is Cc1cc(NS(C)(=O)=O)ccc1N1Cc2c(c(OCC(F)(F)F)c3cccnc3c2OCC(F)(F)F)C1=O. The van der Waals surface area contributed by atoms with E-state index in [1.54, 1.807) is 6.92 Å². The molecule has 0 spiro atoms. The van der Waals surface area contributed by atoms with Crippen LogP contribution in [0.1, 0.15) is 21.5 Å². The van der Waals surface area contributed by atoms with E-state index in [1.165, 1.54) is 36.5 Å². The number of fused-ring (bicyclic) bond motifs is 2. The Morgan fingerprint density at radius 3 is 2.24 bits per heavy atom. The molecular formula is C23H19F6N3O5S. The topological polar surface area (TPSA) is 97.8 Å². The molecule has 0 radical (unpaired) electrons. The molecular weight excluding hydrogens is 544 g/mol. The number of carbonyl (C=O) groups excluding carboxylic acids is 1. The fraction of sp³-hybridized carbons (Fsp3) is 0.304. The monoisotopic (exact) mass is 563 g/mol. The first-order chi connectivity index (χ1) is 17.5. The number of nitrogens with one attached hydrogen (secondary N) is 1. The van der Waals surface area contributed by atoms with Crippen LogP contribution in [0.2, 0.25) is 0 Å². The molecule has 204 valence electrons. The molecule has 2 heterocycles. The Bertz CT molecular complexity index is 1520. The van der Waals surface area contributed by atoms with Gasteiger partial charge < -0.3 is 14.4 Å². The molecule has 4 rings (SSSR count). The van der Waals surface area contributed by atoms with E-state index < -0.39 is 53.0 Å². The first kappa shape index (κ1) is 27.3. The van der Waals surface area contributed by atoms with Gasteiger partial charge in [0.1, 0.15) is 11.3 Å². The molecule has 0 atom stereocenters. The fourth-order valence-electron chi connectivity index (χ4n) is 4.08. The van der Waals surface area contributed by atoms with Crippen LogP contribution in [0.3, 0.4) is 0 Å². The highest BCUT2D eigenvalue weighted by Gasteiger charge is 2.40. The molecule has 0 saturated heterocycles. The van der Waals surface area contributed by atoms with E-state index in [0.717, 1.165) is 11.2 Å². The third-order valence-electron chi connectivity index (χ3n) is 5.40. The molecule has 15 heteroatoms. The summed E-state index contributed by atoms with van der Waals surface area (Å²) in [6.07, 6.45) is -7.36. The minimum atomic E-state index is -4.77. The Balaban J connectivity index is 1.86. The van der Waals surface area contributed by atoms with Crippen LogP contribution in [-0.4, -0.2) is 51.1 Å². The lowest BCUT2D eigenvalue weighted by molar-refractivity contribution is -0.154. The van der Waals surface area contributed by atoms with E-state index >= 15 is 0 Å². The van der Waals surface area contributed by atoms with Crippen molar-refractivity contribution in [2.24, 2.45) is 0 Å². The van der Waals surface area contributed by atoms with Crippen molar-refractivity contribution in [3.63, 3.8) is 0 Å². The van der Waals surface area contributed by atoms with Crippen LogP contribution in [0.5, 0.6) is 11.5 Å². The molecule has 38 heavy (non-hydrogen) atoms. The lowest BCUT2D eigenvalue weighted by atomic mass is 10.0. The van der Waals surface area contributed by atoms with Gasteiger partial charge in [0.05, 0.1) is 18.4 Å². The van der Waals surface area contributed by atoms with E-state index in [0.29, 0.717) is 5.56 Å². The molecule has 0 unspecified atom stereocenters. The normalized spacial score (nSPS) is 14.1. The van der Waals surface area contributed by atoms with Crippen LogP contribution in [0.25, 0.3) is 10.9 Å². The Morgan fingerprint density at radius 1 is 1.03 bits per heavy atom. The van der Waals surface area contributed by atoms with Gasteiger partial charge >= 0.3 is 12.4 Å². The molecule has 1 amide bonds. The van der Waals surface area contributed by atoms with E-state index in [4.69, 9.17) is 9.47 Å². The molecule has 1 N–H and O–H groups in total. The Morgan fingerprint density at radius 2 is 1.66 bits per heavy atom. The highest BCUT2D eigenvalue weighted by molar-refractivity contribution is 7.92. The summed E-state index contributed by atoms with van der Waals surface area (Å²) in [6, 6.07) is 6.78. The van der Waals surface area contributed by atoms with Crippen LogP contribution in [0.4, 0.5) is 37.7 Å². The van der Waals surface area contributed by atoms with E-state index in [1.807, 2.05) is 0 Å². The Labute approximate surface area is 212 Å².